The molecule has 1 heterocycles. The fourth-order valence-electron chi connectivity index (χ4n) is 1.96. The number of methoxy groups -OCH3 is 1. The molecule has 0 spiro atoms. The maximum Gasteiger partial charge on any atom is 0.268 e. The molecule has 116 valence electrons. The van der Waals surface area contributed by atoms with Crippen LogP contribution in [0.25, 0.3) is 0 Å². The number of anilines is 1. The molecule has 22 heavy (non-hydrogen) atoms. The van der Waals surface area contributed by atoms with Gasteiger partial charge in [0.25, 0.3) is 5.56 Å². The molecule has 0 saturated carbocycles. The van der Waals surface area contributed by atoms with E-state index in [0.717, 1.165) is 11.3 Å². The molecule has 0 unspecified atom stereocenters. The summed E-state index contributed by atoms with van der Waals surface area (Å²) in [5, 5.41) is 6.61. The van der Waals surface area contributed by atoms with Gasteiger partial charge in [-0.1, -0.05) is 12.1 Å². The number of carbonyl (C=O) groups is 1. The molecule has 1 aromatic carbocycles. The van der Waals surface area contributed by atoms with Crippen molar-refractivity contribution in [3.63, 3.8) is 0 Å². The van der Waals surface area contributed by atoms with E-state index >= 15 is 0 Å². The normalized spacial score (nSPS) is 11.1. The molecule has 0 saturated heterocycles. The lowest BCUT2D eigenvalue weighted by Gasteiger charge is -2.24. The third kappa shape index (κ3) is 3.16. The van der Waals surface area contributed by atoms with Crippen LogP contribution in [0.4, 0.5) is 5.69 Å². The van der Waals surface area contributed by atoms with Crippen LogP contribution in [0.2, 0.25) is 0 Å². The highest BCUT2D eigenvalue weighted by atomic mass is 16.5. The number of nitrogens with one attached hydrogen (secondary N) is 1. The van der Waals surface area contributed by atoms with Gasteiger partial charge in [0.1, 0.15) is 5.75 Å². The predicted octanol–water partition coefficient (Wildman–Crippen LogP) is 1.71. The summed E-state index contributed by atoms with van der Waals surface area (Å²) in [6.07, 6.45) is 1.45. The van der Waals surface area contributed by atoms with Crippen molar-refractivity contribution < 1.29 is 9.53 Å². The van der Waals surface area contributed by atoms with Gasteiger partial charge in [0.2, 0.25) is 5.91 Å². The van der Waals surface area contributed by atoms with E-state index in [-0.39, 0.29) is 11.5 Å². The third-order valence-corrected chi connectivity index (χ3v) is 3.61. The first kappa shape index (κ1) is 15.8. The first-order valence-corrected chi connectivity index (χ1v) is 6.84. The molecule has 1 N–H and O–H groups in total. The highest BCUT2D eigenvalue weighted by Gasteiger charge is 2.30. The molecular formula is C16H19N3O3. The summed E-state index contributed by atoms with van der Waals surface area (Å²) < 4.78 is 6.32. The van der Waals surface area contributed by atoms with E-state index in [1.165, 1.54) is 16.9 Å². The van der Waals surface area contributed by atoms with Crippen molar-refractivity contribution in [1.82, 2.24) is 9.78 Å². The van der Waals surface area contributed by atoms with Gasteiger partial charge in [-0.3, -0.25) is 9.59 Å². The molecule has 6 nitrogen and oxygen atoms in total. The summed E-state index contributed by atoms with van der Waals surface area (Å²) in [7, 11) is 3.14. The van der Waals surface area contributed by atoms with Gasteiger partial charge in [-0.05, 0) is 31.5 Å². The van der Waals surface area contributed by atoms with Crippen molar-refractivity contribution in [2.24, 2.45) is 7.05 Å². The SMILES string of the molecule is COc1ccc(C(C)(C)C(=O)Nc2cnn(C)c(=O)c2)cc1. The zero-order valence-electron chi connectivity index (χ0n) is 13.1. The summed E-state index contributed by atoms with van der Waals surface area (Å²) in [6.45, 7) is 3.64. The fraction of sp³-hybridized carbons (Fsp3) is 0.312. The summed E-state index contributed by atoms with van der Waals surface area (Å²) >= 11 is 0. The maximum atomic E-state index is 12.5. The number of hydrogen-bond acceptors (Lipinski definition) is 4. The fourth-order valence-corrected chi connectivity index (χ4v) is 1.96. The second-order valence-corrected chi connectivity index (χ2v) is 5.51. The molecule has 1 amide bonds. The number of hydrogen-bond donors (Lipinski definition) is 1. The molecule has 0 fully saturated rings. The first-order chi connectivity index (χ1) is 10.3. The van der Waals surface area contributed by atoms with Crippen LogP contribution in [0, 0.1) is 0 Å². The standard InChI is InChI=1S/C16H19N3O3/c1-16(2,11-5-7-13(22-4)8-6-11)15(21)18-12-9-14(20)19(3)17-10-12/h5-10H,1-4H3,(H,18,21). The lowest BCUT2D eigenvalue weighted by Crippen LogP contribution is -2.35. The Hall–Kier alpha value is -2.63. The predicted molar refractivity (Wildman–Crippen MR) is 84.1 cm³/mol. The summed E-state index contributed by atoms with van der Waals surface area (Å²) in [6, 6.07) is 8.66. The number of nitrogens with zero attached hydrogens (tertiary/aromatic N) is 2. The van der Waals surface area contributed by atoms with Gasteiger partial charge in [0.05, 0.1) is 24.4 Å². The number of carbonyl (C=O) groups excluding carboxylic acids is 1. The van der Waals surface area contributed by atoms with Crippen molar-refractivity contribution in [3.05, 3.63) is 52.4 Å². The molecule has 1 aromatic heterocycles. The lowest BCUT2D eigenvalue weighted by molar-refractivity contribution is -0.120. The number of ether oxygens (including phenoxy) is 1. The Balaban J connectivity index is 2.21. The largest absolute Gasteiger partial charge is 0.497 e. The summed E-state index contributed by atoms with van der Waals surface area (Å²) in [4.78, 5) is 24.1. The van der Waals surface area contributed by atoms with Crippen LogP contribution in [0.5, 0.6) is 5.75 Å². The van der Waals surface area contributed by atoms with Crippen LogP contribution < -0.4 is 15.6 Å². The highest BCUT2D eigenvalue weighted by Crippen LogP contribution is 2.26. The van der Waals surface area contributed by atoms with Gasteiger partial charge in [-0.25, -0.2) is 4.68 Å². The van der Waals surface area contributed by atoms with Crippen LogP contribution >= 0.6 is 0 Å². The molecular weight excluding hydrogens is 282 g/mol. The molecule has 0 aliphatic carbocycles. The molecule has 6 heteroatoms. The minimum absolute atomic E-state index is 0.215. The van der Waals surface area contributed by atoms with E-state index in [1.807, 2.05) is 38.1 Å². The quantitative estimate of drug-likeness (QED) is 0.933. The zero-order valence-corrected chi connectivity index (χ0v) is 13.1. The topological polar surface area (TPSA) is 73.2 Å². The van der Waals surface area contributed by atoms with Gasteiger partial charge in [-0.2, -0.15) is 5.10 Å². The highest BCUT2D eigenvalue weighted by molar-refractivity contribution is 5.98. The van der Waals surface area contributed by atoms with Gasteiger partial charge in [0.15, 0.2) is 0 Å². The van der Waals surface area contributed by atoms with E-state index in [2.05, 4.69) is 10.4 Å². The Bertz CT molecular complexity index is 733. The first-order valence-electron chi connectivity index (χ1n) is 6.84. The second kappa shape index (κ2) is 6.01. The van der Waals surface area contributed by atoms with Gasteiger partial charge < -0.3 is 10.1 Å². The van der Waals surface area contributed by atoms with E-state index in [1.54, 1.807) is 14.2 Å². The van der Waals surface area contributed by atoms with Crippen LogP contribution in [0.3, 0.4) is 0 Å². The Kier molecular flexibility index (Phi) is 4.30. The number of benzene rings is 1. The third-order valence-electron chi connectivity index (χ3n) is 3.61. The molecule has 0 atom stereocenters. The molecule has 2 aromatic rings. The molecule has 0 bridgehead atoms. The van der Waals surface area contributed by atoms with E-state index in [4.69, 9.17) is 4.74 Å². The van der Waals surface area contributed by atoms with Gasteiger partial charge >= 0.3 is 0 Å². The minimum atomic E-state index is -0.757. The number of rotatable bonds is 4. The van der Waals surface area contributed by atoms with Crippen molar-refractivity contribution in [1.29, 1.82) is 0 Å². The Labute approximate surface area is 128 Å². The molecule has 0 radical (unpaired) electrons. The number of amides is 1. The molecule has 0 aliphatic rings. The monoisotopic (exact) mass is 301 g/mol. The van der Waals surface area contributed by atoms with E-state index in [9.17, 15) is 9.59 Å². The average Bonchev–Trinajstić information content (AvgIpc) is 2.51. The summed E-state index contributed by atoms with van der Waals surface area (Å²) in [5.74, 6) is 0.517. The van der Waals surface area contributed by atoms with Crippen molar-refractivity contribution >= 4 is 11.6 Å². The van der Waals surface area contributed by atoms with Gasteiger partial charge in [0, 0.05) is 13.1 Å². The second-order valence-electron chi connectivity index (χ2n) is 5.51. The average molecular weight is 301 g/mol. The van der Waals surface area contributed by atoms with Crippen LogP contribution in [0.15, 0.2) is 41.3 Å². The Morgan fingerprint density at radius 2 is 1.91 bits per heavy atom. The van der Waals surface area contributed by atoms with Crippen LogP contribution in [-0.4, -0.2) is 22.8 Å². The molecule has 2 rings (SSSR count). The van der Waals surface area contributed by atoms with Crippen LogP contribution in [-0.2, 0) is 17.3 Å². The minimum Gasteiger partial charge on any atom is -0.497 e. The van der Waals surface area contributed by atoms with Crippen molar-refractivity contribution in [2.75, 3.05) is 12.4 Å². The summed E-state index contributed by atoms with van der Waals surface area (Å²) in [5.41, 5.74) is 0.199. The number of aromatic nitrogens is 2. The van der Waals surface area contributed by atoms with Crippen molar-refractivity contribution in [2.45, 2.75) is 19.3 Å². The Morgan fingerprint density at radius 3 is 2.45 bits per heavy atom. The van der Waals surface area contributed by atoms with E-state index < -0.39 is 5.41 Å². The zero-order chi connectivity index (χ0) is 16.3. The van der Waals surface area contributed by atoms with Crippen LogP contribution in [0.1, 0.15) is 19.4 Å². The number of aryl methyl sites for hydroxylation is 1. The molecule has 0 aliphatic heterocycles. The van der Waals surface area contributed by atoms with Gasteiger partial charge in [-0.15, -0.1) is 0 Å². The van der Waals surface area contributed by atoms with E-state index in [0.29, 0.717) is 5.69 Å². The maximum absolute atomic E-state index is 12.5. The lowest BCUT2D eigenvalue weighted by atomic mass is 9.83. The smallest absolute Gasteiger partial charge is 0.268 e. The van der Waals surface area contributed by atoms with Crippen molar-refractivity contribution in [3.8, 4) is 5.75 Å². The Morgan fingerprint density at radius 1 is 1.27 bits per heavy atom.